The molecule has 0 radical (unpaired) electrons. The second kappa shape index (κ2) is 16.3. The molecule has 12 nitrogen and oxygen atoms in total. The van der Waals surface area contributed by atoms with Gasteiger partial charge in [-0.25, -0.2) is 17.6 Å². The third kappa shape index (κ3) is 9.07. The molecular formula is C41H58F4N8O4. The van der Waals surface area contributed by atoms with E-state index in [1.807, 2.05) is 12.1 Å². The largest absolute Gasteiger partial charge is 0.356 e. The number of nitrogens with one attached hydrogen (secondary N) is 4. The fourth-order valence-corrected chi connectivity index (χ4v) is 11.5. The molecule has 4 bridgehead atoms. The molecule has 3 atom stereocenters. The summed E-state index contributed by atoms with van der Waals surface area (Å²) in [6.07, 6.45) is 11.8. The molecule has 2 aliphatic heterocycles. The second-order valence-electron chi connectivity index (χ2n) is 18.8. The molecule has 57 heavy (non-hydrogen) atoms. The number of fused-ring (bicyclic) bond motifs is 7. The molecule has 9 fully saturated rings. The lowest BCUT2D eigenvalue weighted by atomic mass is 9.57. The van der Waals surface area contributed by atoms with Crippen molar-refractivity contribution in [1.29, 1.82) is 10.5 Å². The van der Waals surface area contributed by atoms with Crippen molar-refractivity contribution in [3.63, 3.8) is 0 Å². The summed E-state index contributed by atoms with van der Waals surface area (Å²) in [5.74, 6) is -5.92. The lowest BCUT2D eigenvalue weighted by Gasteiger charge is -2.53. The van der Waals surface area contributed by atoms with Gasteiger partial charge >= 0.3 is 0 Å². The molecule has 4 amide bonds. The summed E-state index contributed by atoms with van der Waals surface area (Å²) in [6, 6.07) is 1.44. The van der Waals surface area contributed by atoms with Crippen molar-refractivity contribution >= 4 is 23.6 Å². The van der Waals surface area contributed by atoms with E-state index in [2.05, 4.69) is 21.3 Å². The Morgan fingerprint density at radius 3 is 1.51 bits per heavy atom. The molecule has 7 aliphatic carbocycles. The Kier molecular flexibility index (Phi) is 11.9. The molecule has 2 unspecified atom stereocenters. The maximum absolute atomic E-state index is 13.9. The average molecular weight is 803 g/mol. The van der Waals surface area contributed by atoms with Gasteiger partial charge < -0.3 is 31.1 Å². The van der Waals surface area contributed by atoms with Gasteiger partial charge in [0.1, 0.15) is 12.1 Å². The minimum absolute atomic E-state index is 0.0898. The Morgan fingerprint density at radius 2 is 1.04 bits per heavy atom. The number of nitrogens with zero attached hydrogens (tertiary/aromatic N) is 4. The van der Waals surface area contributed by atoms with Crippen LogP contribution in [0.3, 0.4) is 0 Å². The van der Waals surface area contributed by atoms with E-state index in [-0.39, 0.29) is 47.8 Å². The van der Waals surface area contributed by atoms with E-state index in [0.717, 1.165) is 86.8 Å². The lowest BCUT2D eigenvalue weighted by Crippen LogP contribution is -2.60. The molecule has 4 N–H and O–H groups in total. The van der Waals surface area contributed by atoms with Crippen LogP contribution in [0.25, 0.3) is 0 Å². The number of carbonyl (C=O) groups excluding carboxylic acids is 4. The van der Waals surface area contributed by atoms with Crippen LogP contribution in [-0.2, 0) is 19.2 Å². The minimum atomic E-state index is -3.05. The van der Waals surface area contributed by atoms with Crippen LogP contribution >= 0.6 is 0 Å². The molecule has 0 aromatic carbocycles. The van der Waals surface area contributed by atoms with Crippen LogP contribution in [0, 0.1) is 51.7 Å². The van der Waals surface area contributed by atoms with Crippen molar-refractivity contribution in [3.05, 3.63) is 0 Å². The Morgan fingerprint density at radius 1 is 0.596 bits per heavy atom. The highest BCUT2D eigenvalue weighted by atomic mass is 19.3. The van der Waals surface area contributed by atoms with Gasteiger partial charge in [-0.05, 0) is 120 Å². The number of amides is 4. The average Bonchev–Trinajstić information content (AvgIpc) is 3.56. The fourth-order valence-electron chi connectivity index (χ4n) is 11.5. The van der Waals surface area contributed by atoms with Crippen molar-refractivity contribution in [3.8, 4) is 12.1 Å². The summed E-state index contributed by atoms with van der Waals surface area (Å²) < 4.78 is 55.5. The Labute approximate surface area is 332 Å². The van der Waals surface area contributed by atoms with Crippen molar-refractivity contribution in [2.45, 2.75) is 151 Å². The summed E-state index contributed by atoms with van der Waals surface area (Å²) in [4.78, 5) is 54.7. The van der Waals surface area contributed by atoms with E-state index >= 15 is 0 Å². The maximum atomic E-state index is 13.9. The monoisotopic (exact) mass is 802 g/mol. The Balaban J connectivity index is 0.784. The van der Waals surface area contributed by atoms with E-state index < -0.39 is 67.1 Å². The van der Waals surface area contributed by atoms with Gasteiger partial charge in [-0.2, -0.15) is 10.5 Å². The standard InChI is InChI=1S/C41H58F4N8O4/c42-40(43)17-30(19-46)52(25-40)33(54)23-50-38-8-5-29(6-9-38)32(7-10-38)35(56)48-21-27-1-3-28(4-2-27)22-49-36(57)37-11-14-39(15-12-37,16-13-37)51-24-34(55)53-26-41(44,45)18-31(53)20-47/h27-32,50-51H,1-18,21-26H2,(H,48,56)(H,49,57)/t27?,28?,29?,30-,31?,32?,37?,38?,39?/m0/s1. The van der Waals surface area contributed by atoms with Gasteiger partial charge in [0.2, 0.25) is 23.6 Å². The minimum Gasteiger partial charge on any atom is -0.356 e. The van der Waals surface area contributed by atoms with Gasteiger partial charge in [0, 0.05) is 48.3 Å². The molecule has 0 aromatic rings. The SMILES string of the molecule is N#CC1CC(F)(F)CN1C(=O)CNC12CCC(C(=O)NCC3CCC(CNC(=O)C4CCC5(NCC(=O)N6CC(F)(F)C[C@H]6C#N)CCC4CC5)CC3)(CC1)CC2. The number of halogens is 4. The summed E-state index contributed by atoms with van der Waals surface area (Å²) in [7, 11) is 0. The van der Waals surface area contributed by atoms with Gasteiger partial charge in [0.05, 0.1) is 38.3 Å². The molecule has 0 aromatic heterocycles. The van der Waals surface area contributed by atoms with Gasteiger partial charge in [-0.3, -0.25) is 19.2 Å². The van der Waals surface area contributed by atoms with E-state index in [1.165, 1.54) is 0 Å². The van der Waals surface area contributed by atoms with Crippen LogP contribution < -0.4 is 21.3 Å². The molecule has 16 heteroatoms. The van der Waals surface area contributed by atoms with Crippen LogP contribution in [0.1, 0.15) is 116 Å². The first kappa shape index (κ1) is 41.7. The molecule has 0 spiro atoms. The number of rotatable bonds is 12. The molecule has 314 valence electrons. The zero-order chi connectivity index (χ0) is 40.6. The fraction of sp³-hybridized carbons (Fsp3) is 0.854. The molecule has 7 saturated carbocycles. The topological polar surface area (TPSA) is 170 Å². The Bertz CT molecular complexity index is 1610. The smallest absolute Gasteiger partial charge is 0.268 e. The number of carbonyl (C=O) groups is 4. The van der Waals surface area contributed by atoms with Gasteiger partial charge in [-0.1, -0.05) is 0 Å². The summed E-state index contributed by atoms with van der Waals surface area (Å²) in [5, 5.41) is 31.8. The van der Waals surface area contributed by atoms with Gasteiger partial charge in [-0.15, -0.1) is 0 Å². The van der Waals surface area contributed by atoms with Crippen molar-refractivity contribution in [1.82, 2.24) is 31.1 Å². The number of alkyl halides is 4. The van der Waals surface area contributed by atoms with E-state index in [1.54, 1.807) is 0 Å². The zero-order valence-corrected chi connectivity index (χ0v) is 32.9. The van der Waals surface area contributed by atoms with Crippen LogP contribution in [0.5, 0.6) is 0 Å². The number of hydrogen-bond acceptors (Lipinski definition) is 8. The van der Waals surface area contributed by atoms with E-state index in [4.69, 9.17) is 0 Å². The first-order valence-electron chi connectivity index (χ1n) is 21.3. The zero-order valence-electron chi connectivity index (χ0n) is 32.9. The summed E-state index contributed by atoms with van der Waals surface area (Å²) in [6.45, 7) is -0.363. The van der Waals surface area contributed by atoms with Crippen molar-refractivity contribution < 1.29 is 36.7 Å². The van der Waals surface area contributed by atoms with Crippen molar-refractivity contribution in [2.75, 3.05) is 39.3 Å². The molecular weight excluding hydrogens is 744 g/mol. The van der Waals surface area contributed by atoms with Crippen LogP contribution in [0.4, 0.5) is 17.6 Å². The van der Waals surface area contributed by atoms with E-state index in [9.17, 15) is 47.3 Å². The molecule has 2 heterocycles. The van der Waals surface area contributed by atoms with E-state index in [0.29, 0.717) is 50.6 Å². The summed E-state index contributed by atoms with van der Waals surface area (Å²) >= 11 is 0. The summed E-state index contributed by atoms with van der Waals surface area (Å²) in [5.41, 5.74) is -1.02. The highest BCUT2D eigenvalue weighted by molar-refractivity contribution is 5.83. The van der Waals surface area contributed by atoms with Crippen molar-refractivity contribution in [2.24, 2.45) is 29.1 Å². The third-order valence-electron chi connectivity index (χ3n) is 15.3. The third-order valence-corrected chi connectivity index (χ3v) is 15.3. The molecule has 9 aliphatic rings. The molecule has 9 rings (SSSR count). The second-order valence-corrected chi connectivity index (χ2v) is 18.8. The predicted molar refractivity (Wildman–Crippen MR) is 199 cm³/mol. The first-order chi connectivity index (χ1) is 27.1. The van der Waals surface area contributed by atoms with Gasteiger partial charge in [0.25, 0.3) is 11.8 Å². The first-order valence-corrected chi connectivity index (χ1v) is 21.3. The number of likely N-dealkylation sites (tertiary alicyclic amines) is 2. The highest BCUT2D eigenvalue weighted by Gasteiger charge is 2.53. The maximum Gasteiger partial charge on any atom is 0.268 e. The lowest BCUT2D eigenvalue weighted by molar-refractivity contribution is -0.140. The predicted octanol–water partition coefficient (Wildman–Crippen LogP) is 4.16. The quantitative estimate of drug-likeness (QED) is 0.213. The molecule has 2 saturated heterocycles. The van der Waals surface area contributed by atoms with Crippen LogP contribution in [0.2, 0.25) is 0 Å². The highest BCUT2D eigenvalue weighted by Crippen LogP contribution is 2.52. The normalized spacial score (nSPS) is 37.9. The van der Waals surface area contributed by atoms with Crippen LogP contribution in [-0.4, -0.2) is 108 Å². The number of hydrogen-bond donors (Lipinski definition) is 4. The van der Waals surface area contributed by atoms with Crippen LogP contribution in [0.15, 0.2) is 0 Å². The van der Waals surface area contributed by atoms with Gasteiger partial charge in [0.15, 0.2) is 0 Å². The Hall–Kier alpha value is -3.50. The number of nitriles is 2.